The summed E-state index contributed by atoms with van der Waals surface area (Å²) in [5.41, 5.74) is 1.26. The number of urea groups is 1. The van der Waals surface area contributed by atoms with Crippen molar-refractivity contribution in [3.63, 3.8) is 0 Å². The number of likely N-dealkylation sites (tertiary alicyclic amines) is 1. The first-order chi connectivity index (χ1) is 11.3. The van der Waals surface area contributed by atoms with Crippen molar-refractivity contribution >= 4 is 17.4 Å². The molecule has 1 saturated heterocycles. The first kappa shape index (κ1) is 16.1. The second kappa shape index (κ2) is 8.17. The zero-order chi connectivity index (χ0) is 15.9. The molecule has 5 nitrogen and oxygen atoms in total. The summed E-state index contributed by atoms with van der Waals surface area (Å²) >= 11 is 1.68. The lowest BCUT2D eigenvalue weighted by molar-refractivity contribution is 0.203. The molecule has 2 aromatic heterocycles. The van der Waals surface area contributed by atoms with Gasteiger partial charge in [-0.15, -0.1) is 0 Å². The van der Waals surface area contributed by atoms with Gasteiger partial charge in [0.2, 0.25) is 0 Å². The minimum absolute atomic E-state index is 0.115. The van der Waals surface area contributed by atoms with E-state index in [2.05, 4.69) is 32.4 Å². The predicted molar refractivity (Wildman–Crippen MR) is 91.7 cm³/mol. The van der Waals surface area contributed by atoms with Gasteiger partial charge in [-0.05, 0) is 66.9 Å². The van der Waals surface area contributed by atoms with Crippen molar-refractivity contribution in [1.82, 2.24) is 15.5 Å². The van der Waals surface area contributed by atoms with E-state index in [-0.39, 0.29) is 12.1 Å². The molecule has 1 aliphatic heterocycles. The van der Waals surface area contributed by atoms with Crippen LogP contribution < -0.4 is 10.6 Å². The number of nitrogens with zero attached hydrogens (tertiary/aromatic N) is 1. The average molecular weight is 333 g/mol. The molecule has 1 unspecified atom stereocenters. The Morgan fingerprint density at radius 3 is 2.87 bits per heavy atom. The zero-order valence-corrected chi connectivity index (χ0v) is 14.0. The van der Waals surface area contributed by atoms with Crippen LogP contribution in [-0.2, 0) is 6.42 Å². The van der Waals surface area contributed by atoms with Gasteiger partial charge in [-0.1, -0.05) is 0 Å². The van der Waals surface area contributed by atoms with E-state index in [1.54, 1.807) is 17.6 Å². The number of thiophene rings is 1. The summed E-state index contributed by atoms with van der Waals surface area (Å²) in [4.78, 5) is 14.4. The van der Waals surface area contributed by atoms with Crippen LogP contribution in [0.1, 0.15) is 30.2 Å². The van der Waals surface area contributed by atoms with E-state index in [4.69, 9.17) is 4.42 Å². The van der Waals surface area contributed by atoms with Gasteiger partial charge in [0.15, 0.2) is 0 Å². The highest BCUT2D eigenvalue weighted by Crippen LogP contribution is 2.24. The van der Waals surface area contributed by atoms with E-state index in [0.29, 0.717) is 13.1 Å². The summed E-state index contributed by atoms with van der Waals surface area (Å²) in [5, 5.41) is 10.1. The minimum Gasteiger partial charge on any atom is -0.468 e. The monoisotopic (exact) mass is 333 g/mol. The van der Waals surface area contributed by atoms with Gasteiger partial charge in [0.05, 0.1) is 12.3 Å². The second-order valence-corrected chi connectivity index (χ2v) is 6.57. The van der Waals surface area contributed by atoms with Crippen molar-refractivity contribution in [2.75, 3.05) is 26.2 Å². The number of nitrogens with one attached hydrogen (secondary N) is 2. The van der Waals surface area contributed by atoms with Crippen LogP contribution in [0.5, 0.6) is 0 Å². The number of hydrogen-bond acceptors (Lipinski definition) is 4. The van der Waals surface area contributed by atoms with Gasteiger partial charge < -0.3 is 15.1 Å². The van der Waals surface area contributed by atoms with Crippen molar-refractivity contribution < 1.29 is 9.21 Å². The molecular weight excluding hydrogens is 310 g/mol. The molecule has 3 rings (SSSR count). The van der Waals surface area contributed by atoms with Crippen molar-refractivity contribution in [2.45, 2.75) is 25.3 Å². The number of carbonyl (C=O) groups excluding carboxylic acids is 1. The lowest BCUT2D eigenvalue weighted by atomic mass is 10.2. The number of carbonyl (C=O) groups is 1. The topological polar surface area (TPSA) is 57.5 Å². The van der Waals surface area contributed by atoms with Gasteiger partial charge >= 0.3 is 6.03 Å². The van der Waals surface area contributed by atoms with Crippen LogP contribution in [0.25, 0.3) is 0 Å². The quantitative estimate of drug-likeness (QED) is 0.819. The van der Waals surface area contributed by atoms with Crippen LogP contribution in [0.2, 0.25) is 0 Å². The van der Waals surface area contributed by atoms with Gasteiger partial charge in [0.25, 0.3) is 0 Å². The summed E-state index contributed by atoms with van der Waals surface area (Å²) in [6, 6.07) is 5.98. The number of hydrogen-bond donors (Lipinski definition) is 2. The molecule has 0 aromatic carbocycles. The van der Waals surface area contributed by atoms with E-state index in [1.165, 1.54) is 18.4 Å². The van der Waals surface area contributed by atoms with E-state index in [9.17, 15) is 4.79 Å². The molecule has 23 heavy (non-hydrogen) atoms. The molecule has 124 valence electrons. The van der Waals surface area contributed by atoms with Crippen LogP contribution in [0.4, 0.5) is 4.79 Å². The standard InChI is InChI=1S/C17H23N3O2S/c21-17(18-7-5-14-6-11-23-13-14)19-12-15(16-4-3-10-22-16)20-8-1-2-9-20/h3-4,6,10-11,13,15H,1-2,5,7-9,12H2,(H2,18,19,21). The minimum atomic E-state index is -0.115. The van der Waals surface area contributed by atoms with Crippen LogP contribution >= 0.6 is 11.3 Å². The fourth-order valence-corrected chi connectivity index (χ4v) is 3.65. The van der Waals surface area contributed by atoms with Crippen molar-refractivity contribution in [3.05, 3.63) is 46.5 Å². The maximum absolute atomic E-state index is 12.0. The van der Waals surface area contributed by atoms with Gasteiger partial charge in [0.1, 0.15) is 5.76 Å². The van der Waals surface area contributed by atoms with Crippen molar-refractivity contribution in [1.29, 1.82) is 0 Å². The Hall–Kier alpha value is -1.79. The van der Waals surface area contributed by atoms with Crippen LogP contribution in [0.3, 0.4) is 0 Å². The Morgan fingerprint density at radius 1 is 1.30 bits per heavy atom. The highest BCUT2D eigenvalue weighted by Gasteiger charge is 2.25. The van der Waals surface area contributed by atoms with Crippen LogP contribution in [0, 0.1) is 0 Å². The molecular formula is C17H23N3O2S. The Bertz CT molecular complexity index is 577. The molecule has 0 radical (unpaired) electrons. The molecule has 1 atom stereocenters. The number of furan rings is 1. The Kier molecular flexibility index (Phi) is 5.71. The van der Waals surface area contributed by atoms with E-state index in [1.807, 2.05) is 12.1 Å². The predicted octanol–water partition coefficient (Wildman–Crippen LogP) is 3.02. The molecule has 2 aromatic rings. The Balaban J connectivity index is 1.45. The first-order valence-electron chi connectivity index (χ1n) is 8.13. The second-order valence-electron chi connectivity index (χ2n) is 5.79. The smallest absolute Gasteiger partial charge is 0.314 e. The first-order valence-corrected chi connectivity index (χ1v) is 9.07. The lowest BCUT2D eigenvalue weighted by Gasteiger charge is -2.26. The highest BCUT2D eigenvalue weighted by molar-refractivity contribution is 7.07. The molecule has 6 heteroatoms. The van der Waals surface area contributed by atoms with Gasteiger partial charge in [-0.3, -0.25) is 4.90 Å². The lowest BCUT2D eigenvalue weighted by Crippen LogP contribution is -2.42. The van der Waals surface area contributed by atoms with E-state index in [0.717, 1.165) is 25.3 Å². The molecule has 1 fully saturated rings. The fourth-order valence-electron chi connectivity index (χ4n) is 2.95. The van der Waals surface area contributed by atoms with Crippen LogP contribution in [0.15, 0.2) is 39.6 Å². The molecule has 1 aliphatic rings. The number of amides is 2. The fraction of sp³-hybridized carbons (Fsp3) is 0.471. The summed E-state index contributed by atoms with van der Waals surface area (Å²) in [6.07, 6.45) is 4.98. The average Bonchev–Trinajstić information content (AvgIpc) is 3.31. The third-order valence-corrected chi connectivity index (χ3v) is 4.92. The van der Waals surface area contributed by atoms with E-state index < -0.39 is 0 Å². The van der Waals surface area contributed by atoms with Crippen LogP contribution in [-0.4, -0.2) is 37.1 Å². The third kappa shape index (κ3) is 4.59. The highest BCUT2D eigenvalue weighted by atomic mass is 32.1. The SMILES string of the molecule is O=C(NCCc1ccsc1)NCC(c1ccco1)N1CCCC1. The summed E-state index contributed by atoms with van der Waals surface area (Å²) in [6.45, 7) is 3.34. The summed E-state index contributed by atoms with van der Waals surface area (Å²) in [7, 11) is 0. The molecule has 2 N–H and O–H groups in total. The van der Waals surface area contributed by atoms with Gasteiger partial charge in [-0.25, -0.2) is 4.79 Å². The molecule has 0 spiro atoms. The van der Waals surface area contributed by atoms with E-state index >= 15 is 0 Å². The molecule has 0 aliphatic carbocycles. The summed E-state index contributed by atoms with van der Waals surface area (Å²) < 4.78 is 5.56. The zero-order valence-electron chi connectivity index (χ0n) is 13.2. The molecule has 3 heterocycles. The maximum Gasteiger partial charge on any atom is 0.314 e. The number of rotatable bonds is 7. The van der Waals surface area contributed by atoms with Gasteiger partial charge in [-0.2, -0.15) is 11.3 Å². The molecule has 0 saturated carbocycles. The molecule has 0 bridgehead atoms. The Morgan fingerprint density at radius 2 is 2.17 bits per heavy atom. The van der Waals surface area contributed by atoms with Crippen molar-refractivity contribution in [2.24, 2.45) is 0 Å². The van der Waals surface area contributed by atoms with Crippen molar-refractivity contribution in [3.8, 4) is 0 Å². The largest absolute Gasteiger partial charge is 0.468 e. The Labute approximate surface area is 140 Å². The summed E-state index contributed by atoms with van der Waals surface area (Å²) in [5.74, 6) is 0.922. The van der Waals surface area contributed by atoms with Gasteiger partial charge in [0, 0.05) is 13.1 Å². The molecule has 2 amide bonds. The maximum atomic E-state index is 12.0. The normalized spacial score (nSPS) is 16.3. The third-order valence-electron chi connectivity index (χ3n) is 4.19.